The van der Waals surface area contributed by atoms with Gasteiger partial charge in [0.05, 0.1) is 0 Å². The lowest BCUT2D eigenvalue weighted by Gasteiger charge is -2.12. The van der Waals surface area contributed by atoms with Crippen molar-refractivity contribution in [1.82, 2.24) is 0 Å². The molecule has 156 valence electrons. The first kappa shape index (κ1) is 27.2. The molecule has 0 rings (SSSR count). The van der Waals surface area contributed by atoms with Crippen molar-refractivity contribution < 1.29 is 14.7 Å². The molecule has 4 nitrogen and oxygen atoms in total. The van der Waals surface area contributed by atoms with Crippen molar-refractivity contribution in [3.05, 3.63) is 0 Å². The predicted octanol–water partition coefficient (Wildman–Crippen LogP) is 6.46. The first-order valence-corrected chi connectivity index (χ1v) is 10.9. The highest BCUT2D eigenvalue weighted by atomic mass is 16.4. The third kappa shape index (κ3) is 25.2. The largest absolute Gasteiger partial charge is 0.481 e. The summed E-state index contributed by atoms with van der Waals surface area (Å²) < 4.78 is 0. The number of rotatable bonds is 17. The molecule has 4 heteroatoms. The monoisotopic (exact) mass is 371 g/mol. The number of hydrogen-bond donors (Lipinski definition) is 2. The van der Waals surface area contributed by atoms with E-state index < -0.39 is 5.97 Å². The molecular formula is C22H45NO3. The third-order valence-electron chi connectivity index (χ3n) is 4.71. The van der Waals surface area contributed by atoms with Crippen LogP contribution in [-0.4, -0.2) is 17.0 Å². The zero-order chi connectivity index (χ0) is 20.0. The van der Waals surface area contributed by atoms with Crippen LogP contribution in [0.15, 0.2) is 0 Å². The van der Waals surface area contributed by atoms with Crippen LogP contribution in [0.1, 0.15) is 124 Å². The van der Waals surface area contributed by atoms with Gasteiger partial charge in [-0.05, 0) is 12.8 Å². The van der Waals surface area contributed by atoms with E-state index in [1.165, 1.54) is 77.0 Å². The lowest BCUT2D eigenvalue weighted by molar-refractivity contribution is -0.134. The maximum absolute atomic E-state index is 11.4. The zero-order valence-corrected chi connectivity index (χ0v) is 17.7. The van der Waals surface area contributed by atoms with E-state index in [0.717, 1.165) is 32.6 Å². The van der Waals surface area contributed by atoms with Crippen molar-refractivity contribution in [2.75, 3.05) is 0 Å². The number of primary amides is 1. The molecule has 1 amide bonds. The van der Waals surface area contributed by atoms with Crippen LogP contribution < -0.4 is 5.73 Å². The third-order valence-corrected chi connectivity index (χ3v) is 4.71. The fraction of sp³-hybridized carbons (Fsp3) is 0.909. The average molecular weight is 372 g/mol. The molecule has 0 bridgehead atoms. The number of aliphatic carboxylic acids is 1. The summed E-state index contributed by atoms with van der Waals surface area (Å²) in [5, 5.41) is 7.42. The summed E-state index contributed by atoms with van der Waals surface area (Å²) in [5.74, 6) is -0.792. The van der Waals surface area contributed by atoms with Crippen LogP contribution in [0.5, 0.6) is 0 Å². The number of carbonyl (C=O) groups is 2. The molecule has 0 saturated heterocycles. The van der Waals surface area contributed by atoms with Crippen molar-refractivity contribution >= 4 is 11.9 Å². The molecule has 1 unspecified atom stereocenters. The van der Waals surface area contributed by atoms with Gasteiger partial charge in [-0.2, -0.15) is 0 Å². The molecule has 0 aromatic rings. The molecule has 0 spiro atoms. The molecule has 1 atom stereocenters. The second-order valence-electron chi connectivity index (χ2n) is 7.44. The molecule has 0 saturated carbocycles. The lowest BCUT2D eigenvalue weighted by Crippen LogP contribution is -2.23. The van der Waals surface area contributed by atoms with E-state index in [0.29, 0.717) is 0 Å². The van der Waals surface area contributed by atoms with E-state index >= 15 is 0 Å². The zero-order valence-electron chi connectivity index (χ0n) is 17.7. The van der Waals surface area contributed by atoms with Crippen LogP contribution in [0, 0.1) is 5.92 Å². The van der Waals surface area contributed by atoms with Gasteiger partial charge in [0.2, 0.25) is 5.91 Å². The van der Waals surface area contributed by atoms with Gasteiger partial charge in [0, 0.05) is 12.8 Å². The summed E-state index contributed by atoms with van der Waals surface area (Å²) >= 11 is 0. The summed E-state index contributed by atoms with van der Waals surface area (Å²) in [6.45, 7) is 5.53. The molecule has 0 heterocycles. The predicted molar refractivity (Wildman–Crippen MR) is 111 cm³/mol. The van der Waals surface area contributed by atoms with Crippen LogP contribution in [-0.2, 0) is 9.59 Å². The van der Waals surface area contributed by atoms with Crippen molar-refractivity contribution in [3.8, 4) is 0 Å². The molecular weight excluding hydrogens is 326 g/mol. The van der Waals surface area contributed by atoms with Crippen LogP contribution in [0.4, 0.5) is 0 Å². The minimum absolute atomic E-state index is 0.0866. The lowest BCUT2D eigenvalue weighted by atomic mass is 9.94. The van der Waals surface area contributed by atoms with E-state index in [9.17, 15) is 4.79 Å². The van der Waals surface area contributed by atoms with Crippen LogP contribution in [0.3, 0.4) is 0 Å². The second-order valence-corrected chi connectivity index (χ2v) is 7.44. The molecule has 0 aliphatic heterocycles. The second kappa shape index (κ2) is 22.0. The van der Waals surface area contributed by atoms with Gasteiger partial charge in [-0.15, -0.1) is 0 Å². The van der Waals surface area contributed by atoms with E-state index in [1.807, 2.05) is 0 Å². The summed E-state index contributed by atoms with van der Waals surface area (Å²) in [5.41, 5.74) is 5.48. The SMILES string of the molecule is CC(=O)O.CCCCCCCCCCCCCCC(CCCC)C(N)=O. The molecule has 26 heavy (non-hydrogen) atoms. The molecule has 0 aromatic carbocycles. The van der Waals surface area contributed by atoms with Crippen LogP contribution in [0.25, 0.3) is 0 Å². The Hall–Kier alpha value is -1.06. The van der Waals surface area contributed by atoms with Crippen molar-refractivity contribution in [2.45, 2.75) is 124 Å². The quantitative estimate of drug-likeness (QED) is 0.288. The highest BCUT2D eigenvalue weighted by Gasteiger charge is 2.13. The Morgan fingerprint density at radius 3 is 1.35 bits per heavy atom. The van der Waals surface area contributed by atoms with E-state index in [4.69, 9.17) is 15.6 Å². The normalized spacial score (nSPS) is 11.5. The molecule has 3 N–H and O–H groups in total. The average Bonchev–Trinajstić information content (AvgIpc) is 2.57. The van der Waals surface area contributed by atoms with Crippen molar-refractivity contribution in [1.29, 1.82) is 0 Å². The number of amides is 1. The summed E-state index contributed by atoms with van der Waals surface area (Å²) in [6.07, 6.45) is 20.7. The number of unbranched alkanes of at least 4 members (excludes halogenated alkanes) is 12. The molecule has 0 aromatic heterocycles. The van der Waals surface area contributed by atoms with Gasteiger partial charge in [0.15, 0.2) is 0 Å². The minimum Gasteiger partial charge on any atom is -0.481 e. The Morgan fingerprint density at radius 1 is 0.692 bits per heavy atom. The maximum atomic E-state index is 11.4. The van der Waals surface area contributed by atoms with Gasteiger partial charge in [0.1, 0.15) is 0 Å². The van der Waals surface area contributed by atoms with Crippen LogP contribution in [0.2, 0.25) is 0 Å². The highest BCUT2D eigenvalue weighted by Crippen LogP contribution is 2.18. The van der Waals surface area contributed by atoms with E-state index in [2.05, 4.69) is 13.8 Å². The summed E-state index contributed by atoms with van der Waals surface area (Å²) in [4.78, 5) is 20.4. The van der Waals surface area contributed by atoms with Gasteiger partial charge in [-0.25, -0.2) is 0 Å². The molecule has 0 radical (unpaired) electrons. The topological polar surface area (TPSA) is 80.4 Å². The first-order valence-electron chi connectivity index (χ1n) is 10.9. The van der Waals surface area contributed by atoms with Gasteiger partial charge in [-0.1, -0.05) is 104 Å². The number of hydrogen-bond acceptors (Lipinski definition) is 2. The minimum atomic E-state index is -0.833. The Balaban J connectivity index is 0. The maximum Gasteiger partial charge on any atom is 0.300 e. The van der Waals surface area contributed by atoms with E-state index in [1.54, 1.807) is 0 Å². The number of carboxylic acid groups (broad SMARTS) is 1. The van der Waals surface area contributed by atoms with E-state index in [-0.39, 0.29) is 11.8 Å². The van der Waals surface area contributed by atoms with Crippen molar-refractivity contribution in [2.24, 2.45) is 11.7 Å². The highest BCUT2D eigenvalue weighted by molar-refractivity contribution is 5.76. The van der Waals surface area contributed by atoms with Crippen molar-refractivity contribution in [3.63, 3.8) is 0 Å². The van der Waals surface area contributed by atoms with Gasteiger partial charge < -0.3 is 10.8 Å². The Morgan fingerprint density at radius 2 is 1.00 bits per heavy atom. The fourth-order valence-corrected chi connectivity index (χ4v) is 3.11. The number of nitrogens with two attached hydrogens (primary N) is 1. The fourth-order valence-electron chi connectivity index (χ4n) is 3.11. The Kier molecular flexibility index (Phi) is 23.0. The van der Waals surface area contributed by atoms with Gasteiger partial charge >= 0.3 is 0 Å². The van der Waals surface area contributed by atoms with Crippen LogP contribution >= 0.6 is 0 Å². The molecule has 0 fully saturated rings. The molecule has 0 aliphatic carbocycles. The van der Waals surface area contributed by atoms with Gasteiger partial charge in [-0.3, -0.25) is 9.59 Å². The first-order chi connectivity index (χ1) is 12.5. The van der Waals surface area contributed by atoms with Gasteiger partial charge in [0.25, 0.3) is 5.97 Å². The summed E-state index contributed by atoms with van der Waals surface area (Å²) in [7, 11) is 0. The number of carboxylic acids is 1. The smallest absolute Gasteiger partial charge is 0.300 e. The Bertz CT molecular complexity index is 315. The molecule has 0 aliphatic rings. The summed E-state index contributed by atoms with van der Waals surface area (Å²) in [6, 6.07) is 0. The Labute approximate surface area is 162 Å². The standard InChI is InChI=1S/C20H41NO.C2H4O2/c1-3-5-7-8-9-10-11-12-13-14-15-16-18-19(20(21)22)17-6-4-2;1-2(3)4/h19H,3-18H2,1-2H3,(H2,21,22);1H3,(H,3,4). The number of carbonyl (C=O) groups excluding carboxylic acids is 1.